The summed E-state index contributed by atoms with van der Waals surface area (Å²) in [6.45, 7) is 0.637. The molecule has 26 heavy (non-hydrogen) atoms. The van der Waals surface area contributed by atoms with Crippen LogP contribution in [0.15, 0.2) is 27.4 Å². The normalized spacial score (nSPS) is 20.9. The lowest BCUT2D eigenvalue weighted by Gasteiger charge is -2.30. The summed E-state index contributed by atoms with van der Waals surface area (Å²) in [6.07, 6.45) is -0.0418. The van der Waals surface area contributed by atoms with Gasteiger partial charge in [-0.2, -0.15) is 13.2 Å². The molecule has 1 aliphatic rings. The van der Waals surface area contributed by atoms with Crippen LogP contribution in [0.3, 0.4) is 0 Å². The standard InChI is InChI=1S/C17H21F3N4O2/c18-17(19,20)13-6-3-11(15-23-24-16(25)26-15)9-14(13)22-12-4-1-10(2-5-12)7-8-21/h3,6,9-10,12,22H,1-2,4-5,7-8,21H2,(H,24,25). The van der Waals surface area contributed by atoms with Gasteiger partial charge < -0.3 is 15.5 Å². The van der Waals surface area contributed by atoms with Gasteiger partial charge in [0.25, 0.3) is 0 Å². The van der Waals surface area contributed by atoms with Crippen LogP contribution in [0.1, 0.15) is 37.7 Å². The van der Waals surface area contributed by atoms with Crippen molar-refractivity contribution in [3.05, 3.63) is 34.3 Å². The number of alkyl halides is 3. The smallest absolute Gasteiger partial charge is 0.388 e. The van der Waals surface area contributed by atoms with E-state index in [2.05, 4.69) is 15.5 Å². The van der Waals surface area contributed by atoms with Crippen LogP contribution >= 0.6 is 0 Å². The number of hydrogen-bond donors (Lipinski definition) is 3. The van der Waals surface area contributed by atoms with Gasteiger partial charge in [-0.15, -0.1) is 5.10 Å². The highest BCUT2D eigenvalue weighted by Gasteiger charge is 2.34. The average Bonchev–Trinajstić information content (AvgIpc) is 3.02. The van der Waals surface area contributed by atoms with Crippen LogP contribution in [-0.4, -0.2) is 22.8 Å². The predicted octanol–water partition coefficient (Wildman–Crippen LogP) is 3.37. The molecule has 1 aromatic carbocycles. The Morgan fingerprint density at radius 3 is 2.58 bits per heavy atom. The fourth-order valence-corrected chi connectivity index (χ4v) is 3.45. The summed E-state index contributed by atoms with van der Waals surface area (Å²) in [4.78, 5) is 11.1. The van der Waals surface area contributed by atoms with Crippen molar-refractivity contribution in [3.63, 3.8) is 0 Å². The number of H-pyrrole nitrogens is 1. The van der Waals surface area contributed by atoms with Gasteiger partial charge in [-0.25, -0.2) is 9.89 Å². The molecule has 6 nitrogen and oxygen atoms in total. The molecule has 0 spiro atoms. The lowest BCUT2D eigenvalue weighted by atomic mass is 9.84. The van der Waals surface area contributed by atoms with Gasteiger partial charge >= 0.3 is 11.9 Å². The fourth-order valence-electron chi connectivity index (χ4n) is 3.45. The Morgan fingerprint density at radius 2 is 2.00 bits per heavy atom. The molecule has 1 saturated carbocycles. The molecule has 0 saturated heterocycles. The van der Waals surface area contributed by atoms with E-state index in [9.17, 15) is 18.0 Å². The van der Waals surface area contributed by atoms with Crippen LogP contribution in [0.2, 0.25) is 0 Å². The zero-order chi connectivity index (χ0) is 18.7. The van der Waals surface area contributed by atoms with Crippen LogP contribution in [0.4, 0.5) is 18.9 Å². The first-order valence-electron chi connectivity index (χ1n) is 8.60. The van der Waals surface area contributed by atoms with Crippen molar-refractivity contribution in [3.8, 4) is 11.5 Å². The summed E-state index contributed by atoms with van der Waals surface area (Å²) >= 11 is 0. The Bertz CT molecular complexity index is 792. The number of aromatic nitrogens is 2. The third-order valence-electron chi connectivity index (χ3n) is 4.79. The lowest BCUT2D eigenvalue weighted by Crippen LogP contribution is -2.28. The van der Waals surface area contributed by atoms with Crippen molar-refractivity contribution in [2.45, 2.75) is 44.3 Å². The molecule has 142 valence electrons. The number of nitrogens with two attached hydrogens (primary N) is 1. The predicted molar refractivity (Wildman–Crippen MR) is 90.6 cm³/mol. The van der Waals surface area contributed by atoms with E-state index in [0.29, 0.717) is 18.0 Å². The molecule has 9 heteroatoms. The van der Waals surface area contributed by atoms with Crippen molar-refractivity contribution in [2.24, 2.45) is 11.7 Å². The second-order valence-electron chi connectivity index (χ2n) is 6.62. The largest absolute Gasteiger partial charge is 0.434 e. The van der Waals surface area contributed by atoms with Crippen molar-refractivity contribution in [2.75, 3.05) is 11.9 Å². The summed E-state index contributed by atoms with van der Waals surface area (Å²) in [5.74, 6) is -0.254. The van der Waals surface area contributed by atoms with Crippen LogP contribution in [0, 0.1) is 5.92 Å². The maximum Gasteiger partial charge on any atom is 0.434 e. The molecular formula is C17H21F3N4O2. The van der Waals surface area contributed by atoms with Crippen molar-refractivity contribution < 1.29 is 17.6 Å². The van der Waals surface area contributed by atoms with Gasteiger partial charge in [0.05, 0.1) is 5.56 Å². The summed E-state index contributed by atoms with van der Waals surface area (Å²) in [7, 11) is 0. The number of nitrogens with one attached hydrogen (secondary N) is 2. The summed E-state index contributed by atoms with van der Waals surface area (Å²) < 4.78 is 44.9. The van der Waals surface area contributed by atoms with Crippen molar-refractivity contribution in [1.29, 1.82) is 0 Å². The van der Waals surface area contributed by atoms with Crippen LogP contribution < -0.4 is 16.8 Å². The second-order valence-corrected chi connectivity index (χ2v) is 6.62. The maximum atomic E-state index is 13.4. The molecule has 1 heterocycles. The molecule has 0 unspecified atom stereocenters. The molecule has 3 rings (SSSR count). The van der Waals surface area contributed by atoms with Gasteiger partial charge in [-0.1, -0.05) is 0 Å². The topological polar surface area (TPSA) is 96.9 Å². The molecule has 0 bridgehead atoms. The zero-order valence-corrected chi connectivity index (χ0v) is 14.1. The number of aromatic amines is 1. The molecule has 1 aliphatic carbocycles. The van der Waals surface area contributed by atoms with E-state index in [-0.39, 0.29) is 17.6 Å². The van der Waals surface area contributed by atoms with Crippen molar-refractivity contribution in [1.82, 2.24) is 10.2 Å². The van der Waals surface area contributed by atoms with E-state index in [1.54, 1.807) is 0 Å². The van der Waals surface area contributed by atoms with Gasteiger partial charge in [0.2, 0.25) is 5.89 Å². The number of rotatable bonds is 5. The van der Waals surface area contributed by atoms with Crippen LogP contribution in [0.5, 0.6) is 0 Å². The first kappa shape index (κ1) is 18.5. The number of anilines is 1. The van der Waals surface area contributed by atoms with Gasteiger partial charge in [0.1, 0.15) is 0 Å². The van der Waals surface area contributed by atoms with Gasteiger partial charge in [0.15, 0.2) is 0 Å². The van der Waals surface area contributed by atoms with Gasteiger partial charge in [0, 0.05) is 17.3 Å². The average molecular weight is 370 g/mol. The molecular weight excluding hydrogens is 349 g/mol. The molecule has 1 aromatic heterocycles. The first-order chi connectivity index (χ1) is 12.4. The Labute approximate surface area is 148 Å². The lowest BCUT2D eigenvalue weighted by molar-refractivity contribution is -0.137. The SMILES string of the molecule is NCCC1CCC(Nc2cc(-c3n[nH]c(=O)o3)ccc2C(F)(F)F)CC1. The molecule has 1 fully saturated rings. The summed E-state index contributed by atoms with van der Waals surface area (Å²) in [6, 6.07) is 3.51. The maximum absolute atomic E-state index is 13.4. The van der Waals surface area contributed by atoms with E-state index < -0.39 is 17.5 Å². The Kier molecular flexibility index (Phi) is 5.36. The van der Waals surface area contributed by atoms with E-state index in [0.717, 1.165) is 38.2 Å². The minimum atomic E-state index is -4.48. The number of halogens is 3. The number of nitrogens with zero attached hydrogens (tertiary/aromatic N) is 1. The van der Waals surface area contributed by atoms with E-state index in [1.807, 2.05) is 0 Å². The monoisotopic (exact) mass is 370 g/mol. The minimum Gasteiger partial charge on any atom is -0.388 e. The summed E-state index contributed by atoms with van der Waals surface area (Å²) in [5, 5.41) is 8.80. The third-order valence-corrected chi connectivity index (χ3v) is 4.79. The van der Waals surface area contributed by atoms with E-state index >= 15 is 0 Å². The van der Waals surface area contributed by atoms with E-state index in [4.69, 9.17) is 10.2 Å². The molecule has 0 radical (unpaired) electrons. The highest BCUT2D eigenvalue weighted by atomic mass is 19.4. The Hall–Kier alpha value is -2.29. The number of hydrogen-bond acceptors (Lipinski definition) is 5. The van der Waals surface area contributed by atoms with Crippen molar-refractivity contribution >= 4 is 5.69 Å². The fraction of sp³-hybridized carbons (Fsp3) is 0.529. The molecule has 0 atom stereocenters. The quantitative estimate of drug-likeness (QED) is 0.750. The highest BCUT2D eigenvalue weighted by molar-refractivity contribution is 5.65. The molecule has 2 aromatic rings. The molecule has 0 amide bonds. The Balaban J connectivity index is 1.82. The first-order valence-corrected chi connectivity index (χ1v) is 8.60. The molecule has 4 N–H and O–H groups in total. The van der Waals surface area contributed by atoms with Crippen LogP contribution in [-0.2, 0) is 6.18 Å². The second kappa shape index (κ2) is 7.53. The number of benzene rings is 1. The third kappa shape index (κ3) is 4.27. The van der Waals surface area contributed by atoms with E-state index in [1.165, 1.54) is 12.1 Å². The van der Waals surface area contributed by atoms with Gasteiger partial charge in [-0.3, -0.25) is 0 Å². The Morgan fingerprint density at radius 1 is 1.27 bits per heavy atom. The highest BCUT2D eigenvalue weighted by Crippen LogP contribution is 2.38. The van der Waals surface area contributed by atoms with Gasteiger partial charge in [-0.05, 0) is 62.8 Å². The molecule has 0 aliphatic heterocycles. The minimum absolute atomic E-state index is 0.0251. The van der Waals surface area contributed by atoms with Crippen LogP contribution in [0.25, 0.3) is 11.5 Å². The zero-order valence-electron chi connectivity index (χ0n) is 14.1. The summed E-state index contributed by atoms with van der Waals surface area (Å²) in [5.41, 5.74) is 5.11.